The van der Waals surface area contributed by atoms with Crippen LogP contribution in [0.5, 0.6) is 0 Å². The van der Waals surface area contributed by atoms with Crippen molar-refractivity contribution in [3.63, 3.8) is 0 Å². The molecule has 0 spiro atoms. The zero-order chi connectivity index (χ0) is 21.6. The van der Waals surface area contributed by atoms with Gasteiger partial charge in [0, 0.05) is 36.5 Å². The molecule has 7 heteroatoms. The van der Waals surface area contributed by atoms with Crippen molar-refractivity contribution in [2.45, 2.75) is 51.7 Å². The Hall–Kier alpha value is -2.12. The Kier molecular flexibility index (Phi) is 7.72. The normalized spacial score (nSPS) is 16.0. The van der Waals surface area contributed by atoms with Crippen LogP contribution in [0.15, 0.2) is 40.7 Å². The van der Waals surface area contributed by atoms with E-state index in [9.17, 15) is 9.50 Å². The van der Waals surface area contributed by atoms with E-state index in [1.165, 1.54) is 4.88 Å². The van der Waals surface area contributed by atoms with Crippen LogP contribution in [0, 0.1) is 5.82 Å². The van der Waals surface area contributed by atoms with Crippen LogP contribution in [-0.4, -0.2) is 43.3 Å². The fraction of sp³-hybridized carbons (Fsp3) is 0.522. The molecule has 0 atom stereocenters. The van der Waals surface area contributed by atoms with Gasteiger partial charge in [0.1, 0.15) is 5.82 Å². The summed E-state index contributed by atoms with van der Waals surface area (Å²) in [6, 6.07) is 9.57. The highest BCUT2D eigenvalue weighted by atomic mass is 32.1. The molecule has 0 unspecified atom stereocenters. The molecule has 0 amide bonds. The summed E-state index contributed by atoms with van der Waals surface area (Å²) in [4.78, 5) is 7.98. The third kappa shape index (κ3) is 5.95. The van der Waals surface area contributed by atoms with Crippen LogP contribution in [0.25, 0.3) is 0 Å². The Labute approximate surface area is 183 Å². The number of anilines is 1. The SMILES string of the molecule is CCNC(=NCc1ccc(N2CCC(O)CC2)c(F)c1)NCC(C)(C)c1cccs1. The van der Waals surface area contributed by atoms with Crippen molar-refractivity contribution >= 4 is 23.0 Å². The van der Waals surface area contributed by atoms with Gasteiger partial charge in [-0.1, -0.05) is 26.0 Å². The quantitative estimate of drug-likeness (QED) is 0.459. The first-order valence-electron chi connectivity index (χ1n) is 10.7. The number of aliphatic imine (C=N–C) groups is 1. The van der Waals surface area contributed by atoms with Crippen LogP contribution in [0.1, 0.15) is 44.1 Å². The molecule has 30 heavy (non-hydrogen) atoms. The number of halogens is 1. The van der Waals surface area contributed by atoms with Crippen LogP contribution in [0.3, 0.4) is 0 Å². The van der Waals surface area contributed by atoms with Crippen molar-refractivity contribution in [3.8, 4) is 0 Å². The maximum Gasteiger partial charge on any atom is 0.191 e. The molecule has 0 aliphatic carbocycles. The lowest BCUT2D eigenvalue weighted by molar-refractivity contribution is 0.145. The van der Waals surface area contributed by atoms with Gasteiger partial charge in [0.15, 0.2) is 5.96 Å². The third-order valence-electron chi connectivity index (χ3n) is 5.47. The van der Waals surface area contributed by atoms with Crippen molar-refractivity contribution in [2.75, 3.05) is 31.1 Å². The first-order chi connectivity index (χ1) is 14.4. The fourth-order valence-electron chi connectivity index (χ4n) is 3.58. The standard InChI is InChI=1S/C23H33FN4OS/c1-4-25-22(27-16-23(2,3)21-6-5-13-30-21)26-15-17-7-8-20(19(24)14-17)28-11-9-18(29)10-12-28/h5-8,13-14,18,29H,4,9-12,15-16H2,1-3H3,(H2,25,26,27). The Morgan fingerprint density at radius 1 is 1.27 bits per heavy atom. The molecule has 3 N–H and O–H groups in total. The summed E-state index contributed by atoms with van der Waals surface area (Å²) in [6.07, 6.45) is 1.11. The van der Waals surface area contributed by atoms with Gasteiger partial charge in [0.2, 0.25) is 0 Å². The number of nitrogens with one attached hydrogen (secondary N) is 2. The fourth-order valence-corrected chi connectivity index (χ4v) is 4.43. The molecule has 2 aromatic rings. The number of aliphatic hydroxyl groups is 1. The number of aliphatic hydroxyl groups excluding tert-OH is 1. The lowest BCUT2D eigenvalue weighted by Crippen LogP contribution is -2.43. The maximum atomic E-state index is 14.7. The number of piperidine rings is 1. The largest absolute Gasteiger partial charge is 0.393 e. The van der Waals surface area contributed by atoms with Crippen LogP contribution in [0.2, 0.25) is 0 Å². The second-order valence-corrected chi connectivity index (χ2v) is 9.36. The van der Waals surface area contributed by atoms with Crippen molar-refractivity contribution in [3.05, 3.63) is 52.0 Å². The Bertz CT molecular complexity index is 830. The Balaban J connectivity index is 1.62. The maximum absolute atomic E-state index is 14.7. The van der Waals surface area contributed by atoms with Gasteiger partial charge in [0.25, 0.3) is 0 Å². The average Bonchev–Trinajstić information content (AvgIpc) is 3.27. The molecule has 3 rings (SSSR count). The van der Waals surface area contributed by atoms with E-state index in [2.05, 4.69) is 47.0 Å². The predicted octanol–water partition coefficient (Wildman–Crippen LogP) is 3.88. The number of thiophene rings is 1. The van der Waals surface area contributed by atoms with Gasteiger partial charge in [-0.15, -0.1) is 11.3 Å². The number of nitrogens with zero attached hydrogens (tertiary/aromatic N) is 2. The molecular formula is C23H33FN4OS. The zero-order valence-electron chi connectivity index (χ0n) is 18.1. The minimum atomic E-state index is -0.264. The highest BCUT2D eigenvalue weighted by Crippen LogP contribution is 2.27. The van der Waals surface area contributed by atoms with Gasteiger partial charge in [-0.25, -0.2) is 9.38 Å². The molecule has 0 radical (unpaired) electrons. The Morgan fingerprint density at radius 2 is 2.03 bits per heavy atom. The Morgan fingerprint density at radius 3 is 2.67 bits per heavy atom. The summed E-state index contributed by atoms with van der Waals surface area (Å²) < 4.78 is 14.7. The van der Waals surface area contributed by atoms with E-state index < -0.39 is 0 Å². The molecule has 1 aromatic carbocycles. The van der Waals surface area contributed by atoms with E-state index in [-0.39, 0.29) is 17.3 Å². The van der Waals surface area contributed by atoms with E-state index in [0.29, 0.717) is 38.2 Å². The lowest BCUT2D eigenvalue weighted by atomic mass is 9.91. The highest BCUT2D eigenvalue weighted by molar-refractivity contribution is 7.10. The first-order valence-corrected chi connectivity index (χ1v) is 11.5. The summed E-state index contributed by atoms with van der Waals surface area (Å²) in [5, 5.41) is 18.4. The van der Waals surface area contributed by atoms with Crippen molar-refractivity contribution in [2.24, 2.45) is 4.99 Å². The molecule has 1 aliphatic rings. The summed E-state index contributed by atoms with van der Waals surface area (Å²) >= 11 is 1.76. The summed E-state index contributed by atoms with van der Waals surface area (Å²) in [5.74, 6) is 0.507. The van der Waals surface area contributed by atoms with Crippen molar-refractivity contribution in [1.82, 2.24) is 10.6 Å². The molecule has 1 aliphatic heterocycles. The zero-order valence-corrected chi connectivity index (χ0v) is 18.9. The van der Waals surface area contributed by atoms with E-state index >= 15 is 0 Å². The molecule has 2 heterocycles. The molecule has 164 valence electrons. The molecule has 1 aromatic heterocycles. The molecule has 0 bridgehead atoms. The minimum absolute atomic E-state index is 0.000133. The van der Waals surface area contributed by atoms with Crippen molar-refractivity contribution < 1.29 is 9.50 Å². The van der Waals surface area contributed by atoms with Crippen molar-refractivity contribution in [1.29, 1.82) is 0 Å². The number of rotatable bonds is 7. The molecule has 1 fully saturated rings. The van der Waals surface area contributed by atoms with Crippen LogP contribution in [-0.2, 0) is 12.0 Å². The lowest BCUT2D eigenvalue weighted by Gasteiger charge is -2.31. The van der Waals surface area contributed by atoms with E-state index in [4.69, 9.17) is 0 Å². The van der Waals surface area contributed by atoms with Gasteiger partial charge in [-0.2, -0.15) is 0 Å². The number of hydrogen-bond acceptors (Lipinski definition) is 4. The number of hydrogen-bond donors (Lipinski definition) is 3. The second-order valence-electron chi connectivity index (χ2n) is 8.41. The van der Waals surface area contributed by atoms with Gasteiger partial charge >= 0.3 is 0 Å². The molecule has 5 nitrogen and oxygen atoms in total. The van der Waals surface area contributed by atoms with Gasteiger partial charge < -0.3 is 20.6 Å². The van der Waals surface area contributed by atoms with E-state index in [1.807, 2.05) is 24.0 Å². The average molecular weight is 433 g/mol. The topological polar surface area (TPSA) is 59.9 Å². The first kappa shape index (κ1) is 22.6. The van der Waals surface area contributed by atoms with Crippen LogP contribution < -0.4 is 15.5 Å². The summed E-state index contributed by atoms with van der Waals surface area (Å²) in [7, 11) is 0. The van der Waals surface area contributed by atoms with Crippen LogP contribution >= 0.6 is 11.3 Å². The summed E-state index contributed by atoms with van der Waals surface area (Å²) in [5.41, 5.74) is 1.44. The number of guanidine groups is 1. The third-order valence-corrected chi connectivity index (χ3v) is 6.70. The van der Waals surface area contributed by atoms with Gasteiger partial charge in [-0.05, 0) is 48.9 Å². The van der Waals surface area contributed by atoms with Gasteiger partial charge in [-0.3, -0.25) is 0 Å². The van der Waals surface area contributed by atoms with E-state index in [0.717, 1.165) is 24.6 Å². The van der Waals surface area contributed by atoms with E-state index in [1.54, 1.807) is 17.4 Å². The number of benzene rings is 1. The molecule has 0 saturated carbocycles. The second kappa shape index (κ2) is 10.3. The summed E-state index contributed by atoms with van der Waals surface area (Å²) in [6.45, 7) is 9.75. The highest BCUT2D eigenvalue weighted by Gasteiger charge is 2.22. The van der Waals surface area contributed by atoms with Gasteiger partial charge in [0.05, 0.1) is 18.3 Å². The molecule has 1 saturated heterocycles. The molecular weight excluding hydrogens is 399 g/mol. The van der Waals surface area contributed by atoms with Crippen LogP contribution in [0.4, 0.5) is 10.1 Å². The smallest absolute Gasteiger partial charge is 0.191 e. The predicted molar refractivity (Wildman–Crippen MR) is 124 cm³/mol. The monoisotopic (exact) mass is 432 g/mol. The minimum Gasteiger partial charge on any atom is -0.393 e.